The minimum atomic E-state index is 0. The molecule has 32 heavy (non-hydrogen) atoms. The topological polar surface area (TPSA) is 224 Å². The van der Waals surface area contributed by atoms with E-state index in [0.29, 0.717) is 11.8 Å². The van der Waals surface area contributed by atoms with Crippen LogP contribution in [0, 0.1) is 0 Å². The fourth-order valence-corrected chi connectivity index (χ4v) is 3.65. The summed E-state index contributed by atoms with van der Waals surface area (Å²) in [6.07, 6.45) is 7.25. The monoisotopic (exact) mass is 477 g/mol. The summed E-state index contributed by atoms with van der Waals surface area (Å²) in [7, 11) is 0. The van der Waals surface area contributed by atoms with Gasteiger partial charge < -0.3 is 40.1 Å². The third-order valence-corrected chi connectivity index (χ3v) is 5.17. The van der Waals surface area contributed by atoms with Crippen LogP contribution in [-0.2, 0) is 0 Å². The van der Waals surface area contributed by atoms with Gasteiger partial charge in [-0.2, -0.15) is 19.9 Å². The second kappa shape index (κ2) is 15.3. The summed E-state index contributed by atoms with van der Waals surface area (Å²) in [4.78, 5) is 23.0. The first-order valence-corrected chi connectivity index (χ1v) is 9.95. The van der Waals surface area contributed by atoms with Gasteiger partial charge in [-0.25, -0.2) is 0 Å². The van der Waals surface area contributed by atoms with Crippen molar-refractivity contribution in [3.8, 4) is 0 Å². The van der Waals surface area contributed by atoms with Gasteiger partial charge >= 0.3 is 0 Å². The first-order valence-electron chi connectivity index (χ1n) is 9.95. The van der Waals surface area contributed by atoms with Crippen molar-refractivity contribution in [1.82, 2.24) is 39.6 Å². The molecular weight excluding hydrogens is 430 g/mol. The molecular formula is C20H48ClN11. The number of anilines is 2. The first-order chi connectivity index (χ1) is 13.3. The Hall–Kier alpha value is -2.57. The van der Waals surface area contributed by atoms with Gasteiger partial charge in [0.1, 0.15) is 5.84 Å². The van der Waals surface area contributed by atoms with Gasteiger partial charge in [-0.1, -0.05) is 30.3 Å². The number of piperidine rings is 2. The lowest BCUT2D eigenvalue weighted by Crippen LogP contribution is -2.34. The average molecular weight is 478 g/mol. The highest BCUT2D eigenvalue weighted by Gasteiger charge is 2.20. The first kappa shape index (κ1) is 31.6. The number of rotatable bonds is 4. The Morgan fingerprint density at radius 2 is 1.16 bits per heavy atom. The minimum Gasteiger partial charge on any atom is -0.383 e. The zero-order valence-electron chi connectivity index (χ0n) is 19.0. The normalized spacial score (nSPS) is 15.7. The van der Waals surface area contributed by atoms with Crippen LogP contribution < -0.4 is 40.1 Å². The van der Waals surface area contributed by atoms with E-state index in [1.165, 1.54) is 38.5 Å². The number of aliphatic imine (C=N–C) groups is 1. The van der Waals surface area contributed by atoms with Gasteiger partial charge in [0.2, 0.25) is 11.9 Å². The van der Waals surface area contributed by atoms with Gasteiger partial charge in [-0.3, -0.25) is 0 Å². The number of nitrogens with two attached hydrogens (primary N) is 1. The highest BCUT2D eigenvalue weighted by Crippen LogP contribution is 2.23. The molecule has 14 N–H and O–H groups in total. The second-order valence-electron chi connectivity index (χ2n) is 7.19. The number of halogens is 1. The molecule has 0 amide bonds. The van der Waals surface area contributed by atoms with Gasteiger partial charge in [0.15, 0.2) is 0 Å². The van der Waals surface area contributed by atoms with Gasteiger partial charge in [-0.05, 0) is 38.5 Å². The molecule has 2 aliphatic rings. The second-order valence-corrected chi connectivity index (χ2v) is 7.19. The molecule has 0 aliphatic carbocycles. The molecule has 0 atom stereocenters. The molecule has 0 spiro atoms. The van der Waals surface area contributed by atoms with E-state index in [4.69, 9.17) is 10.7 Å². The smallest absolute Gasteiger partial charge is 0.257 e. The Bertz CT molecular complexity index is 773. The van der Waals surface area contributed by atoms with Crippen molar-refractivity contribution in [3.05, 3.63) is 35.9 Å². The molecule has 2 fully saturated rings. The van der Waals surface area contributed by atoms with Crippen LogP contribution in [0.4, 0.5) is 17.8 Å². The van der Waals surface area contributed by atoms with E-state index in [2.05, 4.69) is 24.8 Å². The van der Waals surface area contributed by atoms with Crippen molar-refractivity contribution < 1.29 is 5.71 Å². The molecule has 2 aliphatic heterocycles. The summed E-state index contributed by atoms with van der Waals surface area (Å²) in [6, 6.07) is 9.74. The fraction of sp³-hybridized carbons (Fsp3) is 0.500. The molecule has 0 saturated carbocycles. The molecule has 0 bridgehead atoms. The van der Waals surface area contributed by atoms with Crippen molar-refractivity contribution in [2.45, 2.75) is 38.5 Å². The summed E-state index contributed by atoms with van der Waals surface area (Å²) >= 11 is 0. The van der Waals surface area contributed by atoms with Crippen LogP contribution in [0.2, 0.25) is 0 Å². The number of hydrogen-bond acceptors (Lipinski definition) is 10. The van der Waals surface area contributed by atoms with Crippen LogP contribution in [0.3, 0.4) is 0 Å². The summed E-state index contributed by atoms with van der Waals surface area (Å²) in [6.45, 7) is 3.95. The molecule has 12 heteroatoms. The summed E-state index contributed by atoms with van der Waals surface area (Å²) in [5.74, 6) is 2.28. The Morgan fingerprint density at radius 1 is 0.719 bits per heavy atom. The van der Waals surface area contributed by atoms with E-state index in [9.17, 15) is 0 Å². The molecule has 2 saturated heterocycles. The largest absolute Gasteiger partial charge is 0.383 e. The van der Waals surface area contributed by atoms with Crippen molar-refractivity contribution >= 4 is 36.1 Å². The van der Waals surface area contributed by atoms with E-state index in [-0.39, 0.29) is 42.7 Å². The lowest BCUT2D eigenvalue weighted by molar-refractivity contribution is 0.556. The fourth-order valence-electron chi connectivity index (χ4n) is 3.65. The molecule has 0 radical (unpaired) electrons. The Balaban J connectivity index is -0.000000250. The van der Waals surface area contributed by atoms with E-state index in [1.807, 2.05) is 30.3 Å². The summed E-state index contributed by atoms with van der Waals surface area (Å²) < 4.78 is 0. The SMILES string of the molecule is Cl.N.N.N.N.NC(=Nc1nc(N2CCCCC2)nc(N2CCCCC2)n1)c1ccccc1.[HH].[HH].[HH].[HH]. The maximum Gasteiger partial charge on any atom is 0.257 e. The molecule has 190 valence electrons. The maximum absolute atomic E-state index is 6.21. The molecule has 1 aromatic heterocycles. The third-order valence-electron chi connectivity index (χ3n) is 5.17. The molecule has 3 heterocycles. The third kappa shape index (κ3) is 7.84. The van der Waals surface area contributed by atoms with Crippen molar-refractivity contribution in [2.24, 2.45) is 10.7 Å². The summed E-state index contributed by atoms with van der Waals surface area (Å²) in [5.41, 5.74) is 7.08. The van der Waals surface area contributed by atoms with Crippen LogP contribution in [0.15, 0.2) is 35.3 Å². The molecule has 0 unspecified atom stereocenters. The number of nitrogens with zero attached hydrogens (tertiary/aromatic N) is 6. The van der Waals surface area contributed by atoms with E-state index < -0.39 is 0 Å². The number of amidine groups is 1. The lowest BCUT2D eigenvalue weighted by atomic mass is 10.1. The summed E-state index contributed by atoms with van der Waals surface area (Å²) in [5, 5.41) is 0. The van der Waals surface area contributed by atoms with Crippen LogP contribution in [-0.4, -0.2) is 47.0 Å². The number of aromatic nitrogens is 3. The molecule has 4 rings (SSSR count). The van der Waals surface area contributed by atoms with Crippen LogP contribution in [0.25, 0.3) is 0 Å². The highest BCUT2D eigenvalue weighted by atomic mass is 35.5. The zero-order chi connectivity index (χ0) is 18.5. The number of benzene rings is 1. The predicted octanol–water partition coefficient (Wildman–Crippen LogP) is 4.94. The lowest BCUT2D eigenvalue weighted by Gasteiger charge is -2.29. The highest BCUT2D eigenvalue weighted by molar-refractivity contribution is 5.98. The van der Waals surface area contributed by atoms with Crippen LogP contribution in [0.5, 0.6) is 0 Å². The van der Waals surface area contributed by atoms with Crippen LogP contribution >= 0.6 is 12.4 Å². The van der Waals surface area contributed by atoms with Gasteiger partial charge in [0, 0.05) is 37.4 Å². The van der Waals surface area contributed by atoms with E-state index in [1.54, 1.807) is 0 Å². The van der Waals surface area contributed by atoms with Gasteiger partial charge in [-0.15, -0.1) is 12.4 Å². The van der Waals surface area contributed by atoms with Gasteiger partial charge in [0.25, 0.3) is 5.95 Å². The number of hydrogen-bond donors (Lipinski definition) is 5. The quantitative estimate of drug-likeness (QED) is 0.294. The Morgan fingerprint density at radius 3 is 1.59 bits per heavy atom. The molecule has 2 aromatic rings. The minimum absolute atomic E-state index is 0. The maximum atomic E-state index is 6.21. The van der Waals surface area contributed by atoms with Crippen molar-refractivity contribution in [1.29, 1.82) is 0 Å². The molecule has 1 aromatic carbocycles. The van der Waals surface area contributed by atoms with Crippen molar-refractivity contribution in [2.75, 3.05) is 36.0 Å². The molecule has 11 nitrogen and oxygen atoms in total. The Kier molecular flexibility index (Phi) is 15.1. The standard InChI is InChI=1S/C20H27N7.ClH.4H3N.4H2/c21-17(16-10-4-1-5-11-16)22-18-23-19(26-12-6-2-7-13-26)25-20(24-18)27-14-8-3-9-15-27;;;;;;;;;/h1,4-5,10-11H,2-3,6-9,12-15H2,(H2,21,22,23,24,25);1H;4*1H3;4*1H. The average Bonchev–Trinajstić information content (AvgIpc) is 2.75. The van der Waals surface area contributed by atoms with E-state index >= 15 is 0 Å². The Labute approximate surface area is 203 Å². The van der Waals surface area contributed by atoms with Crippen LogP contribution in [0.1, 0.15) is 49.8 Å². The zero-order valence-corrected chi connectivity index (χ0v) is 19.8. The predicted molar refractivity (Wildman–Crippen MR) is 145 cm³/mol. The van der Waals surface area contributed by atoms with Crippen molar-refractivity contribution in [3.63, 3.8) is 0 Å². The van der Waals surface area contributed by atoms with E-state index in [0.717, 1.165) is 43.6 Å². The van der Waals surface area contributed by atoms with Gasteiger partial charge in [0.05, 0.1) is 0 Å².